The molecule has 22 heavy (non-hydrogen) atoms. The number of benzene rings is 1. The lowest BCUT2D eigenvalue weighted by molar-refractivity contribution is 0.186. The summed E-state index contributed by atoms with van der Waals surface area (Å²) in [4.78, 5) is 2.55. The van der Waals surface area contributed by atoms with E-state index in [1.807, 2.05) is 0 Å². The van der Waals surface area contributed by atoms with Gasteiger partial charge in [0.15, 0.2) is 0 Å². The van der Waals surface area contributed by atoms with Gasteiger partial charge in [-0.05, 0) is 75.0 Å². The normalized spacial score (nSPS) is 19.5. The molecule has 0 saturated carbocycles. The molecule has 120 valence electrons. The standard InChI is InChI=1S/C19H28N2O/c1-15-5-4-6-17-14-20-19(13-18(15)17)16-7-10-21(11-8-16)9-2-3-12-22/h4-6,13,16,20,22H,2-3,7-12,14H2,1H3. The highest BCUT2D eigenvalue weighted by molar-refractivity contribution is 5.62. The maximum atomic E-state index is 8.88. The summed E-state index contributed by atoms with van der Waals surface area (Å²) in [5, 5.41) is 12.5. The van der Waals surface area contributed by atoms with Gasteiger partial charge in [0.2, 0.25) is 0 Å². The summed E-state index contributed by atoms with van der Waals surface area (Å²) >= 11 is 0. The largest absolute Gasteiger partial charge is 0.396 e. The summed E-state index contributed by atoms with van der Waals surface area (Å²) in [6.07, 6.45) is 6.94. The van der Waals surface area contributed by atoms with Crippen molar-refractivity contribution in [2.75, 3.05) is 26.2 Å². The van der Waals surface area contributed by atoms with Gasteiger partial charge in [-0.3, -0.25) is 0 Å². The number of rotatable bonds is 5. The second kappa shape index (κ2) is 7.30. The average molecular weight is 300 g/mol. The molecule has 1 aromatic carbocycles. The number of likely N-dealkylation sites (tertiary alicyclic amines) is 1. The van der Waals surface area contributed by atoms with Crippen LogP contribution in [0, 0.1) is 12.8 Å². The van der Waals surface area contributed by atoms with E-state index in [-0.39, 0.29) is 0 Å². The molecule has 0 atom stereocenters. The van der Waals surface area contributed by atoms with Gasteiger partial charge in [-0.25, -0.2) is 0 Å². The Kier molecular flexibility index (Phi) is 5.16. The van der Waals surface area contributed by atoms with Crippen LogP contribution in [0.4, 0.5) is 0 Å². The van der Waals surface area contributed by atoms with Crippen molar-refractivity contribution in [3.05, 3.63) is 40.6 Å². The van der Waals surface area contributed by atoms with E-state index in [0.29, 0.717) is 12.5 Å². The van der Waals surface area contributed by atoms with Gasteiger partial charge in [0.05, 0.1) is 0 Å². The van der Waals surface area contributed by atoms with Crippen LogP contribution in [0.15, 0.2) is 23.9 Å². The first-order valence-corrected chi connectivity index (χ1v) is 8.65. The molecule has 0 aromatic heterocycles. The molecule has 2 heterocycles. The second-order valence-corrected chi connectivity index (χ2v) is 6.65. The van der Waals surface area contributed by atoms with E-state index in [2.05, 4.69) is 41.4 Å². The highest BCUT2D eigenvalue weighted by Gasteiger charge is 2.24. The number of fused-ring (bicyclic) bond motifs is 1. The van der Waals surface area contributed by atoms with E-state index in [4.69, 9.17) is 5.11 Å². The van der Waals surface area contributed by atoms with Gasteiger partial charge in [0.25, 0.3) is 0 Å². The number of aliphatic hydroxyl groups is 1. The van der Waals surface area contributed by atoms with Crippen molar-refractivity contribution in [2.24, 2.45) is 5.92 Å². The molecule has 0 bridgehead atoms. The fourth-order valence-corrected chi connectivity index (χ4v) is 3.68. The first kappa shape index (κ1) is 15.6. The van der Waals surface area contributed by atoms with Crippen LogP contribution < -0.4 is 5.32 Å². The molecule has 0 radical (unpaired) electrons. The monoisotopic (exact) mass is 300 g/mol. The molecule has 0 unspecified atom stereocenters. The quantitative estimate of drug-likeness (QED) is 0.821. The number of unbranched alkanes of at least 4 members (excludes halogenated alkanes) is 1. The lowest BCUT2D eigenvalue weighted by Crippen LogP contribution is -2.37. The van der Waals surface area contributed by atoms with Crippen molar-refractivity contribution < 1.29 is 5.11 Å². The van der Waals surface area contributed by atoms with Crippen LogP contribution in [0.3, 0.4) is 0 Å². The first-order valence-electron chi connectivity index (χ1n) is 8.65. The molecule has 3 rings (SSSR count). The molecule has 0 aliphatic carbocycles. The van der Waals surface area contributed by atoms with Crippen molar-refractivity contribution in [3.8, 4) is 0 Å². The summed E-state index contributed by atoms with van der Waals surface area (Å²) < 4.78 is 0. The molecule has 2 aliphatic heterocycles. The Bertz CT molecular complexity index is 530. The highest BCUT2D eigenvalue weighted by Crippen LogP contribution is 2.29. The predicted octanol–water partition coefficient (Wildman–Crippen LogP) is 2.92. The zero-order valence-electron chi connectivity index (χ0n) is 13.6. The smallest absolute Gasteiger partial charge is 0.0431 e. The minimum atomic E-state index is 0.325. The molecule has 2 aliphatic rings. The summed E-state index contributed by atoms with van der Waals surface area (Å²) in [7, 11) is 0. The molecular formula is C19H28N2O. The van der Waals surface area contributed by atoms with E-state index >= 15 is 0 Å². The van der Waals surface area contributed by atoms with Crippen molar-refractivity contribution in [2.45, 2.75) is 39.2 Å². The van der Waals surface area contributed by atoms with Gasteiger partial charge in [-0.15, -0.1) is 0 Å². The zero-order valence-corrected chi connectivity index (χ0v) is 13.6. The Morgan fingerprint density at radius 2 is 2.05 bits per heavy atom. The number of aryl methyl sites for hydroxylation is 1. The number of aliphatic hydroxyl groups excluding tert-OH is 1. The summed E-state index contributed by atoms with van der Waals surface area (Å²) in [5.74, 6) is 0.682. The SMILES string of the molecule is Cc1cccc2c1C=C(C1CCN(CCCCO)CC1)NC2. The van der Waals surface area contributed by atoms with Gasteiger partial charge >= 0.3 is 0 Å². The van der Waals surface area contributed by atoms with E-state index in [9.17, 15) is 0 Å². The Balaban J connectivity index is 1.59. The highest BCUT2D eigenvalue weighted by atomic mass is 16.2. The number of nitrogens with one attached hydrogen (secondary N) is 1. The molecule has 0 amide bonds. The Morgan fingerprint density at radius 3 is 2.82 bits per heavy atom. The van der Waals surface area contributed by atoms with Crippen LogP contribution in [0.25, 0.3) is 6.08 Å². The first-order chi connectivity index (χ1) is 10.8. The number of nitrogens with zero attached hydrogens (tertiary/aromatic N) is 1. The third kappa shape index (κ3) is 3.53. The minimum Gasteiger partial charge on any atom is -0.396 e. The van der Waals surface area contributed by atoms with Crippen molar-refractivity contribution in [1.29, 1.82) is 0 Å². The molecule has 2 N–H and O–H groups in total. The lowest BCUT2D eigenvalue weighted by Gasteiger charge is -2.34. The van der Waals surface area contributed by atoms with E-state index < -0.39 is 0 Å². The van der Waals surface area contributed by atoms with Crippen LogP contribution in [-0.4, -0.2) is 36.2 Å². The van der Waals surface area contributed by atoms with E-state index in [1.165, 1.54) is 48.3 Å². The summed E-state index contributed by atoms with van der Waals surface area (Å²) in [6.45, 7) is 7.03. The average Bonchev–Trinajstić information content (AvgIpc) is 2.56. The number of hydrogen-bond acceptors (Lipinski definition) is 3. The fourth-order valence-electron chi connectivity index (χ4n) is 3.68. The third-order valence-corrected chi connectivity index (χ3v) is 5.11. The Morgan fingerprint density at radius 1 is 1.23 bits per heavy atom. The van der Waals surface area contributed by atoms with Crippen LogP contribution in [-0.2, 0) is 6.54 Å². The fraction of sp³-hybridized carbons (Fsp3) is 0.579. The van der Waals surface area contributed by atoms with Crippen molar-refractivity contribution in [3.63, 3.8) is 0 Å². The van der Waals surface area contributed by atoms with E-state index in [0.717, 1.165) is 25.9 Å². The maximum Gasteiger partial charge on any atom is 0.0431 e. The van der Waals surface area contributed by atoms with Crippen LogP contribution in [0.1, 0.15) is 42.4 Å². The predicted molar refractivity (Wildman–Crippen MR) is 91.5 cm³/mol. The Hall–Kier alpha value is -1.32. The number of allylic oxidation sites excluding steroid dienone is 1. The number of hydrogen-bond donors (Lipinski definition) is 2. The van der Waals surface area contributed by atoms with Gasteiger partial charge in [0, 0.05) is 24.8 Å². The topological polar surface area (TPSA) is 35.5 Å². The van der Waals surface area contributed by atoms with Crippen molar-refractivity contribution in [1.82, 2.24) is 10.2 Å². The molecular weight excluding hydrogens is 272 g/mol. The molecule has 3 heteroatoms. The minimum absolute atomic E-state index is 0.325. The zero-order chi connectivity index (χ0) is 15.4. The molecule has 1 fully saturated rings. The lowest BCUT2D eigenvalue weighted by atomic mass is 9.88. The van der Waals surface area contributed by atoms with Gasteiger partial charge in [-0.2, -0.15) is 0 Å². The van der Waals surface area contributed by atoms with Gasteiger partial charge in [0.1, 0.15) is 0 Å². The van der Waals surface area contributed by atoms with Crippen molar-refractivity contribution >= 4 is 6.08 Å². The molecule has 3 nitrogen and oxygen atoms in total. The van der Waals surface area contributed by atoms with Gasteiger partial charge in [-0.1, -0.05) is 18.2 Å². The third-order valence-electron chi connectivity index (χ3n) is 5.11. The van der Waals surface area contributed by atoms with Crippen LogP contribution >= 0.6 is 0 Å². The van der Waals surface area contributed by atoms with Crippen LogP contribution in [0.2, 0.25) is 0 Å². The molecule has 1 aromatic rings. The second-order valence-electron chi connectivity index (χ2n) is 6.65. The maximum absolute atomic E-state index is 8.88. The van der Waals surface area contributed by atoms with Crippen LogP contribution in [0.5, 0.6) is 0 Å². The van der Waals surface area contributed by atoms with E-state index in [1.54, 1.807) is 0 Å². The summed E-state index contributed by atoms with van der Waals surface area (Å²) in [6, 6.07) is 6.59. The van der Waals surface area contributed by atoms with Gasteiger partial charge < -0.3 is 15.3 Å². The molecule has 1 saturated heterocycles. The summed E-state index contributed by atoms with van der Waals surface area (Å²) in [5.41, 5.74) is 5.68. The Labute approximate surface area is 134 Å². The molecule has 0 spiro atoms. The number of piperidine rings is 1.